The summed E-state index contributed by atoms with van der Waals surface area (Å²) in [5.74, 6) is -0.660. The van der Waals surface area contributed by atoms with Crippen molar-refractivity contribution in [2.75, 3.05) is 0 Å². The van der Waals surface area contributed by atoms with Gasteiger partial charge in [0.2, 0.25) is 0 Å². The van der Waals surface area contributed by atoms with Crippen LogP contribution in [0.5, 0.6) is 0 Å². The fraction of sp³-hybridized carbons (Fsp3) is 0.133. The van der Waals surface area contributed by atoms with Gasteiger partial charge in [-0.15, -0.1) is 0 Å². The van der Waals surface area contributed by atoms with Gasteiger partial charge in [0, 0.05) is 6.20 Å². The first-order valence-electron chi connectivity index (χ1n) is 6.02. The number of nitrogens with one attached hydrogen (secondary N) is 1. The molecule has 0 aliphatic rings. The number of nitriles is 1. The summed E-state index contributed by atoms with van der Waals surface area (Å²) < 4.78 is 12.8. The molecule has 2 aromatic rings. The van der Waals surface area contributed by atoms with Crippen LogP contribution in [0.1, 0.15) is 34.6 Å². The SMILES string of the molecule is CC(NC(=O)c1ccc(C#N)cn1)c1ccc(F)cc1. The molecule has 0 radical (unpaired) electrons. The number of carbonyl (C=O) groups is 1. The summed E-state index contributed by atoms with van der Waals surface area (Å²) in [7, 11) is 0. The van der Waals surface area contributed by atoms with Crippen LogP contribution in [-0.2, 0) is 0 Å². The number of nitrogens with zero attached hydrogens (tertiary/aromatic N) is 2. The maximum Gasteiger partial charge on any atom is 0.270 e. The molecule has 0 aliphatic heterocycles. The molecule has 1 aromatic heterocycles. The molecule has 1 N–H and O–H groups in total. The molecule has 100 valence electrons. The van der Waals surface area contributed by atoms with Crippen molar-refractivity contribution >= 4 is 5.91 Å². The lowest BCUT2D eigenvalue weighted by Gasteiger charge is -2.13. The third-order valence-corrected chi connectivity index (χ3v) is 2.84. The van der Waals surface area contributed by atoms with Crippen LogP contribution in [0, 0.1) is 17.1 Å². The van der Waals surface area contributed by atoms with Gasteiger partial charge in [-0.05, 0) is 36.8 Å². The Bertz CT molecular complexity index is 644. The van der Waals surface area contributed by atoms with E-state index < -0.39 is 0 Å². The largest absolute Gasteiger partial charge is 0.344 e. The van der Waals surface area contributed by atoms with Crippen LogP contribution in [0.3, 0.4) is 0 Å². The van der Waals surface area contributed by atoms with E-state index in [-0.39, 0.29) is 23.5 Å². The van der Waals surface area contributed by atoms with E-state index in [9.17, 15) is 9.18 Å². The molecule has 0 saturated heterocycles. The lowest BCUT2D eigenvalue weighted by Crippen LogP contribution is -2.27. The maximum atomic E-state index is 12.8. The number of benzene rings is 1. The van der Waals surface area contributed by atoms with Crippen molar-refractivity contribution < 1.29 is 9.18 Å². The first-order chi connectivity index (χ1) is 9.60. The summed E-state index contributed by atoms with van der Waals surface area (Å²) in [4.78, 5) is 15.9. The summed E-state index contributed by atoms with van der Waals surface area (Å²) in [5.41, 5.74) is 1.43. The van der Waals surface area contributed by atoms with Gasteiger partial charge in [-0.1, -0.05) is 12.1 Å². The highest BCUT2D eigenvalue weighted by Crippen LogP contribution is 2.13. The van der Waals surface area contributed by atoms with E-state index >= 15 is 0 Å². The van der Waals surface area contributed by atoms with Crippen molar-refractivity contribution in [3.8, 4) is 6.07 Å². The molecule has 5 heteroatoms. The first kappa shape index (κ1) is 13.7. The van der Waals surface area contributed by atoms with Crippen molar-refractivity contribution in [2.45, 2.75) is 13.0 Å². The summed E-state index contributed by atoms with van der Waals surface area (Å²) in [6, 6.07) is 10.6. The predicted octanol–water partition coefficient (Wildman–Crippen LogP) is 2.58. The molecule has 0 spiro atoms. The Hall–Kier alpha value is -2.74. The van der Waals surface area contributed by atoms with Crippen molar-refractivity contribution in [3.05, 3.63) is 65.2 Å². The van der Waals surface area contributed by atoms with E-state index in [1.807, 2.05) is 6.07 Å². The van der Waals surface area contributed by atoms with Gasteiger partial charge in [-0.3, -0.25) is 4.79 Å². The van der Waals surface area contributed by atoms with Gasteiger partial charge in [-0.2, -0.15) is 5.26 Å². The molecule has 0 fully saturated rings. The van der Waals surface area contributed by atoms with E-state index in [0.717, 1.165) is 5.56 Å². The molecule has 4 nitrogen and oxygen atoms in total. The highest BCUT2D eigenvalue weighted by molar-refractivity contribution is 5.92. The molecule has 1 amide bonds. The Kier molecular flexibility index (Phi) is 4.06. The van der Waals surface area contributed by atoms with Crippen LogP contribution in [-0.4, -0.2) is 10.9 Å². The fourth-order valence-electron chi connectivity index (χ4n) is 1.70. The van der Waals surface area contributed by atoms with E-state index in [2.05, 4.69) is 10.3 Å². The number of hydrogen-bond donors (Lipinski definition) is 1. The second-order valence-electron chi connectivity index (χ2n) is 4.29. The standard InChI is InChI=1S/C15H12FN3O/c1-10(12-3-5-13(16)6-4-12)19-15(20)14-7-2-11(8-17)9-18-14/h2-7,9-10H,1H3,(H,19,20). The molecule has 1 heterocycles. The molecular weight excluding hydrogens is 257 g/mol. The van der Waals surface area contributed by atoms with Gasteiger partial charge in [0.25, 0.3) is 5.91 Å². The summed E-state index contributed by atoms with van der Waals surface area (Å²) in [6.07, 6.45) is 1.34. The van der Waals surface area contributed by atoms with Gasteiger partial charge < -0.3 is 5.32 Å². The Labute approximate surface area is 115 Å². The van der Waals surface area contributed by atoms with Gasteiger partial charge in [0.1, 0.15) is 17.6 Å². The van der Waals surface area contributed by atoms with E-state index in [4.69, 9.17) is 5.26 Å². The van der Waals surface area contributed by atoms with Gasteiger partial charge in [-0.25, -0.2) is 9.37 Å². The Morgan fingerprint density at radius 2 is 2.00 bits per heavy atom. The van der Waals surface area contributed by atoms with Crippen molar-refractivity contribution in [1.82, 2.24) is 10.3 Å². The molecule has 20 heavy (non-hydrogen) atoms. The third kappa shape index (κ3) is 3.18. The summed E-state index contributed by atoms with van der Waals surface area (Å²) in [5, 5.41) is 11.4. The van der Waals surface area contributed by atoms with Crippen LogP contribution < -0.4 is 5.32 Å². The van der Waals surface area contributed by atoms with E-state index in [1.165, 1.54) is 30.5 Å². The number of halogens is 1. The zero-order valence-corrected chi connectivity index (χ0v) is 10.8. The smallest absolute Gasteiger partial charge is 0.270 e. The molecule has 1 unspecified atom stereocenters. The Morgan fingerprint density at radius 3 is 2.55 bits per heavy atom. The van der Waals surface area contributed by atoms with Crippen LogP contribution >= 0.6 is 0 Å². The zero-order valence-electron chi connectivity index (χ0n) is 10.8. The van der Waals surface area contributed by atoms with E-state index in [1.54, 1.807) is 19.1 Å². The Morgan fingerprint density at radius 1 is 1.30 bits per heavy atom. The average Bonchev–Trinajstić information content (AvgIpc) is 2.48. The van der Waals surface area contributed by atoms with Gasteiger partial charge in [0.15, 0.2) is 0 Å². The second-order valence-corrected chi connectivity index (χ2v) is 4.29. The fourth-order valence-corrected chi connectivity index (χ4v) is 1.70. The second kappa shape index (κ2) is 5.93. The number of aromatic nitrogens is 1. The summed E-state index contributed by atoms with van der Waals surface area (Å²) >= 11 is 0. The summed E-state index contributed by atoms with van der Waals surface area (Å²) in [6.45, 7) is 1.80. The lowest BCUT2D eigenvalue weighted by atomic mass is 10.1. The number of rotatable bonds is 3. The molecule has 2 rings (SSSR count). The molecular formula is C15H12FN3O. The lowest BCUT2D eigenvalue weighted by molar-refractivity contribution is 0.0935. The van der Waals surface area contributed by atoms with Crippen LogP contribution in [0.25, 0.3) is 0 Å². The highest BCUT2D eigenvalue weighted by Gasteiger charge is 2.12. The molecule has 1 atom stereocenters. The molecule has 1 aromatic carbocycles. The quantitative estimate of drug-likeness (QED) is 0.931. The van der Waals surface area contributed by atoms with Crippen LogP contribution in [0.2, 0.25) is 0 Å². The van der Waals surface area contributed by atoms with Crippen molar-refractivity contribution in [1.29, 1.82) is 5.26 Å². The first-order valence-corrected chi connectivity index (χ1v) is 6.02. The topological polar surface area (TPSA) is 65.8 Å². The molecule has 0 bridgehead atoms. The minimum absolute atomic E-state index is 0.234. The zero-order chi connectivity index (χ0) is 14.5. The van der Waals surface area contributed by atoms with E-state index in [0.29, 0.717) is 5.56 Å². The average molecular weight is 269 g/mol. The number of pyridine rings is 1. The molecule has 0 saturated carbocycles. The minimum atomic E-state index is -0.341. The number of hydrogen-bond acceptors (Lipinski definition) is 3. The number of carbonyl (C=O) groups excluding carboxylic acids is 1. The number of amides is 1. The van der Waals surface area contributed by atoms with Gasteiger partial charge >= 0.3 is 0 Å². The normalized spacial score (nSPS) is 11.4. The van der Waals surface area contributed by atoms with Crippen molar-refractivity contribution in [2.24, 2.45) is 0 Å². The molecule has 0 aliphatic carbocycles. The maximum absolute atomic E-state index is 12.8. The highest BCUT2D eigenvalue weighted by atomic mass is 19.1. The predicted molar refractivity (Wildman–Crippen MR) is 71.2 cm³/mol. The van der Waals surface area contributed by atoms with Crippen LogP contribution in [0.4, 0.5) is 4.39 Å². The third-order valence-electron chi connectivity index (χ3n) is 2.84. The van der Waals surface area contributed by atoms with Crippen molar-refractivity contribution in [3.63, 3.8) is 0 Å². The monoisotopic (exact) mass is 269 g/mol. The Balaban J connectivity index is 2.06. The van der Waals surface area contributed by atoms with Gasteiger partial charge in [0.05, 0.1) is 11.6 Å². The van der Waals surface area contributed by atoms with Crippen LogP contribution in [0.15, 0.2) is 42.6 Å². The minimum Gasteiger partial charge on any atom is -0.344 e.